The molecule has 110 valence electrons. The first-order chi connectivity index (χ1) is 11.4. The largest absolute Gasteiger partial charge is 0.0732 e. The van der Waals surface area contributed by atoms with Gasteiger partial charge >= 0.3 is 0 Å². The highest BCUT2D eigenvalue weighted by Crippen LogP contribution is 2.41. The predicted octanol–water partition coefficient (Wildman–Crippen LogP) is 5.92. The van der Waals surface area contributed by atoms with Gasteiger partial charge in [-0.05, 0) is 40.0 Å². The first-order valence-electron chi connectivity index (χ1n) is 8.01. The Bertz CT molecular complexity index is 842. The molecule has 0 heterocycles. The van der Waals surface area contributed by atoms with Crippen LogP contribution in [0.4, 0.5) is 0 Å². The number of hydrogen-bond donors (Lipinski definition) is 0. The first-order valence-corrected chi connectivity index (χ1v) is 8.01. The smallest absolute Gasteiger partial charge is 0.0211 e. The highest BCUT2D eigenvalue weighted by Gasteiger charge is 2.21. The predicted molar refractivity (Wildman–Crippen MR) is 99.6 cm³/mol. The van der Waals surface area contributed by atoms with E-state index in [0.717, 1.165) is 0 Å². The van der Waals surface area contributed by atoms with Gasteiger partial charge < -0.3 is 0 Å². The zero-order valence-electron chi connectivity index (χ0n) is 12.9. The standard InChI is InChI=1S/C23H18/c1-2-7-13-19(12-6-1)23-17-20(16-18-10-4-3-5-11-18)21-14-8-9-15-22(21)23/h1-17,19H/b20-16+. The van der Waals surface area contributed by atoms with Crippen LogP contribution in [0.1, 0.15) is 16.7 Å². The summed E-state index contributed by atoms with van der Waals surface area (Å²) in [6, 6.07) is 19.2. The van der Waals surface area contributed by atoms with Crippen molar-refractivity contribution in [3.63, 3.8) is 0 Å². The summed E-state index contributed by atoms with van der Waals surface area (Å²) in [5.74, 6) is 0.327. The van der Waals surface area contributed by atoms with Crippen molar-refractivity contribution in [3.8, 4) is 0 Å². The van der Waals surface area contributed by atoms with Gasteiger partial charge in [-0.25, -0.2) is 0 Å². The van der Waals surface area contributed by atoms with E-state index in [1.165, 1.54) is 27.8 Å². The first kappa shape index (κ1) is 13.8. The molecule has 0 nitrogen and oxygen atoms in total. The Hall–Kier alpha value is -2.86. The Balaban J connectivity index is 1.81. The van der Waals surface area contributed by atoms with Gasteiger partial charge in [-0.1, -0.05) is 91.1 Å². The van der Waals surface area contributed by atoms with Crippen LogP contribution in [0.2, 0.25) is 0 Å². The van der Waals surface area contributed by atoms with E-state index in [9.17, 15) is 0 Å². The van der Waals surface area contributed by atoms with Crippen LogP contribution in [0.3, 0.4) is 0 Å². The molecule has 2 aromatic rings. The van der Waals surface area contributed by atoms with E-state index in [-0.39, 0.29) is 0 Å². The van der Waals surface area contributed by atoms with Crippen molar-refractivity contribution >= 4 is 17.2 Å². The van der Waals surface area contributed by atoms with Gasteiger partial charge in [0.05, 0.1) is 0 Å². The Labute approximate surface area is 137 Å². The second-order valence-electron chi connectivity index (χ2n) is 5.84. The molecule has 2 aliphatic carbocycles. The molecule has 2 aliphatic rings. The van der Waals surface area contributed by atoms with E-state index >= 15 is 0 Å². The molecule has 0 N–H and O–H groups in total. The third-order valence-corrected chi connectivity index (χ3v) is 4.31. The molecule has 4 rings (SSSR count). The lowest BCUT2D eigenvalue weighted by molar-refractivity contribution is 1.10. The molecule has 0 fully saturated rings. The summed E-state index contributed by atoms with van der Waals surface area (Å²) < 4.78 is 0. The number of fused-ring (bicyclic) bond motifs is 1. The molecule has 0 spiro atoms. The summed E-state index contributed by atoms with van der Waals surface area (Å²) in [6.45, 7) is 0. The van der Waals surface area contributed by atoms with Crippen molar-refractivity contribution < 1.29 is 0 Å². The van der Waals surface area contributed by atoms with Crippen LogP contribution >= 0.6 is 0 Å². The fourth-order valence-corrected chi connectivity index (χ4v) is 3.20. The van der Waals surface area contributed by atoms with E-state index in [1.54, 1.807) is 0 Å². The van der Waals surface area contributed by atoms with Gasteiger partial charge in [0.2, 0.25) is 0 Å². The molecule has 0 heteroatoms. The topological polar surface area (TPSA) is 0 Å². The van der Waals surface area contributed by atoms with Gasteiger partial charge in [0.15, 0.2) is 0 Å². The maximum atomic E-state index is 2.34. The van der Waals surface area contributed by atoms with Crippen molar-refractivity contribution in [2.24, 2.45) is 5.92 Å². The SMILES string of the molecule is C1=CC=CC(C2=C/C(=C\c3ccccc3)c3ccccc32)C=C1. The van der Waals surface area contributed by atoms with Gasteiger partial charge in [0.1, 0.15) is 0 Å². The summed E-state index contributed by atoms with van der Waals surface area (Å²) >= 11 is 0. The molecule has 23 heavy (non-hydrogen) atoms. The maximum Gasteiger partial charge on any atom is 0.0211 e. The average molecular weight is 294 g/mol. The van der Waals surface area contributed by atoms with Gasteiger partial charge in [-0.2, -0.15) is 0 Å². The fourth-order valence-electron chi connectivity index (χ4n) is 3.20. The minimum Gasteiger partial charge on any atom is -0.0732 e. The Morgan fingerprint density at radius 2 is 1.30 bits per heavy atom. The molecular formula is C23H18. The molecule has 0 saturated heterocycles. The highest BCUT2D eigenvalue weighted by atomic mass is 14.2. The van der Waals surface area contributed by atoms with Crippen LogP contribution < -0.4 is 0 Å². The summed E-state index contributed by atoms with van der Waals surface area (Å²) in [5.41, 5.74) is 6.57. The molecule has 0 atom stereocenters. The molecular weight excluding hydrogens is 276 g/mol. The quantitative estimate of drug-likeness (QED) is 0.644. The number of allylic oxidation sites excluding steroid dienone is 9. The Kier molecular flexibility index (Phi) is 3.65. The van der Waals surface area contributed by atoms with Gasteiger partial charge in [-0.15, -0.1) is 0 Å². The third kappa shape index (κ3) is 2.76. The lowest BCUT2D eigenvalue weighted by Crippen LogP contribution is -1.95. The van der Waals surface area contributed by atoms with Gasteiger partial charge in [-0.3, -0.25) is 0 Å². The van der Waals surface area contributed by atoms with Crippen LogP contribution in [0.25, 0.3) is 17.2 Å². The average Bonchev–Trinajstić information content (AvgIpc) is 2.78. The van der Waals surface area contributed by atoms with E-state index in [4.69, 9.17) is 0 Å². The van der Waals surface area contributed by atoms with E-state index in [2.05, 4.69) is 103 Å². The summed E-state index contributed by atoms with van der Waals surface area (Å²) in [7, 11) is 0. The van der Waals surface area contributed by atoms with E-state index < -0.39 is 0 Å². The number of benzene rings is 2. The van der Waals surface area contributed by atoms with E-state index in [1.807, 2.05) is 0 Å². The number of rotatable bonds is 2. The van der Waals surface area contributed by atoms with Crippen molar-refractivity contribution in [2.75, 3.05) is 0 Å². The molecule has 0 bridgehead atoms. The minimum absolute atomic E-state index is 0.327. The highest BCUT2D eigenvalue weighted by molar-refractivity contribution is 6.02. The zero-order valence-corrected chi connectivity index (χ0v) is 12.9. The third-order valence-electron chi connectivity index (χ3n) is 4.31. The summed E-state index contributed by atoms with van der Waals surface area (Å²) in [4.78, 5) is 0. The zero-order chi connectivity index (χ0) is 15.5. The Morgan fingerprint density at radius 3 is 2.04 bits per heavy atom. The van der Waals surface area contributed by atoms with Crippen molar-refractivity contribution in [2.45, 2.75) is 0 Å². The second kappa shape index (κ2) is 6.10. The minimum atomic E-state index is 0.327. The van der Waals surface area contributed by atoms with Crippen LogP contribution in [-0.2, 0) is 0 Å². The van der Waals surface area contributed by atoms with E-state index in [0.29, 0.717) is 5.92 Å². The van der Waals surface area contributed by atoms with Crippen LogP contribution in [0, 0.1) is 5.92 Å². The van der Waals surface area contributed by atoms with Crippen molar-refractivity contribution in [3.05, 3.63) is 114 Å². The lowest BCUT2D eigenvalue weighted by Gasteiger charge is -2.10. The van der Waals surface area contributed by atoms with Crippen LogP contribution in [0.15, 0.2) is 97.1 Å². The second-order valence-corrected chi connectivity index (χ2v) is 5.84. The fraction of sp³-hybridized carbons (Fsp3) is 0.0435. The summed E-state index contributed by atoms with van der Waals surface area (Å²) in [6.07, 6.45) is 17.6. The summed E-state index contributed by atoms with van der Waals surface area (Å²) in [5, 5.41) is 0. The monoisotopic (exact) mass is 294 g/mol. The molecule has 2 aromatic carbocycles. The van der Waals surface area contributed by atoms with Crippen molar-refractivity contribution in [1.82, 2.24) is 0 Å². The molecule has 0 amide bonds. The Morgan fingerprint density at radius 1 is 0.652 bits per heavy atom. The molecule has 0 aromatic heterocycles. The van der Waals surface area contributed by atoms with Gasteiger partial charge in [0.25, 0.3) is 0 Å². The van der Waals surface area contributed by atoms with Gasteiger partial charge in [0, 0.05) is 5.92 Å². The molecule has 0 aliphatic heterocycles. The van der Waals surface area contributed by atoms with Crippen LogP contribution in [0.5, 0.6) is 0 Å². The molecule has 0 unspecified atom stereocenters. The lowest BCUT2D eigenvalue weighted by atomic mass is 9.93. The molecule has 0 radical (unpaired) electrons. The normalized spacial score (nSPS) is 18.1. The van der Waals surface area contributed by atoms with Crippen molar-refractivity contribution in [1.29, 1.82) is 0 Å². The number of hydrogen-bond acceptors (Lipinski definition) is 0. The maximum absolute atomic E-state index is 2.34. The van der Waals surface area contributed by atoms with Crippen LogP contribution in [-0.4, -0.2) is 0 Å². The molecule has 0 saturated carbocycles.